The van der Waals surface area contributed by atoms with Crippen molar-refractivity contribution >= 4 is 17.3 Å². The third-order valence-electron chi connectivity index (χ3n) is 4.21. The van der Waals surface area contributed by atoms with Crippen LogP contribution >= 0.6 is 11.3 Å². The first-order valence-corrected chi connectivity index (χ1v) is 9.23. The Hall–Kier alpha value is -2.66. The number of carboxylic acids is 1. The molecule has 1 N–H and O–H groups in total. The zero-order chi connectivity index (χ0) is 20.3. The summed E-state index contributed by atoms with van der Waals surface area (Å²) in [5.74, 6) is -2.76. The summed E-state index contributed by atoms with van der Waals surface area (Å²) in [5.41, 5.74) is 5.26. The minimum atomic E-state index is -5.08. The topological polar surface area (TPSA) is 76.2 Å². The van der Waals surface area contributed by atoms with Gasteiger partial charge in [-0.05, 0) is 28.5 Å². The van der Waals surface area contributed by atoms with Crippen molar-refractivity contribution in [2.45, 2.75) is 32.4 Å². The standard InChI is InChI=1S/C15H17N5S.C2HF3O2/c1-18-15-10-19(7-12-3-6-21-11-12)8-13(15)14(17-18)9-20-5-2-4-16-20;3-2(4,5)1(6)7/h2-6,11H,7-10H2,1H3;(H,6,7). The van der Waals surface area contributed by atoms with Gasteiger partial charge in [0.05, 0.1) is 17.9 Å². The zero-order valence-electron chi connectivity index (χ0n) is 14.9. The lowest BCUT2D eigenvalue weighted by Gasteiger charge is -2.14. The maximum Gasteiger partial charge on any atom is 0.490 e. The summed E-state index contributed by atoms with van der Waals surface area (Å²) >= 11 is 1.76. The third-order valence-corrected chi connectivity index (χ3v) is 4.94. The maximum absolute atomic E-state index is 10.6. The summed E-state index contributed by atoms with van der Waals surface area (Å²) in [6, 6.07) is 4.16. The lowest BCUT2D eigenvalue weighted by atomic mass is 10.2. The first-order chi connectivity index (χ1) is 13.2. The van der Waals surface area contributed by atoms with Gasteiger partial charge in [-0.2, -0.15) is 34.7 Å². The number of aromatic nitrogens is 4. The number of carboxylic acid groups (broad SMARTS) is 1. The van der Waals surface area contributed by atoms with Gasteiger partial charge in [-0.15, -0.1) is 0 Å². The molecule has 0 amide bonds. The molecule has 0 aliphatic carbocycles. The highest BCUT2D eigenvalue weighted by Gasteiger charge is 2.38. The average Bonchev–Trinajstić information content (AvgIpc) is 3.37. The van der Waals surface area contributed by atoms with Gasteiger partial charge in [0.25, 0.3) is 0 Å². The Kier molecular flexibility index (Phi) is 5.84. The van der Waals surface area contributed by atoms with Gasteiger partial charge in [-0.1, -0.05) is 0 Å². The Labute approximate surface area is 162 Å². The van der Waals surface area contributed by atoms with E-state index < -0.39 is 12.1 Å². The highest BCUT2D eigenvalue weighted by Crippen LogP contribution is 2.27. The second-order valence-electron chi connectivity index (χ2n) is 6.28. The van der Waals surface area contributed by atoms with E-state index in [2.05, 4.69) is 31.9 Å². The number of carbonyl (C=O) groups is 1. The number of nitrogens with zero attached hydrogens (tertiary/aromatic N) is 5. The van der Waals surface area contributed by atoms with Crippen molar-refractivity contribution in [1.29, 1.82) is 0 Å². The quantitative estimate of drug-likeness (QED) is 0.712. The van der Waals surface area contributed by atoms with Gasteiger partial charge in [0.15, 0.2) is 0 Å². The summed E-state index contributed by atoms with van der Waals surface area (Å²) in [7, 11) is 2.04. The molecule has 0 fully saturated rings. The molecule has 0 spiro atoms. The van der Waals surface area contributed by atoms with Crippen LogP contribution < -0.4 is 0 Å². The summed E-state index contributed by atoms with van der Waals surface area (Å²) < 4.78 is 35.7. The van der Waals surface area contributed by atoms with Crippen LogP contribution in [0, 0.1) is 0 Å². The molecule has 0 saturated heterocycles. The monoisotopic (exact) mass is 413 g/mol. The molecule has 28 heavy (non-hydrogen) atoms. The SMILES string of the molecule is Cn1nc(Cn2cccn2)c2c1CN(Cc1ccsc1)C2.O=C(O)C(F)(F)F. The number of fused-ring (bicyclic) bond motifs is 1. The van der Waals surface area contributed by atoms with Crippen LogP contribution in [-0.2, 0) is 38.0 Å². The minimum absolute atomic E-state index is 0.752. The fourth-order valence-electron chi connectivity index (χ4n) is 2.96. The molecule has 0 aromatic carbocycles. The van der Waals surface area contributed by atoms with Crippen LogP contribution in [0.15, 0.2) is 35.3 Å². The lowest BCUT2D eigenvalue weighted by molar-refractivity contribution is -0.192. The molecule has 0 radical (unpaired) electrons. The highest BCUT2D eigenvalue weighted by molar-refractivity contribution is 7.07. The smallest absolute Gasteiger partial charge is 0.475 e. The normalized spacial score (nSPS) is 13.9. The van der Waals surface area contributed by atoms with E-state index in [1.807, 2.05) is 34.9 Å². The fourth-order valence-corrected chi connectivity index (χ4v) is 3.62. The van der Waals surface area contributed by atoms with Crippen molar-refractivity contribution in [3.63, 3.8) is 0 Å². The molecule has 150 valence electrons. The number of halogens is 3. The Morgan fingerprint density at radius 3 is 2.64 bits per heavy atom. The van der Waals surface area contributed by atoms with Crippen LogP contribution in [0.5, 0.6) is 0 Å². The van der Waals surface area contributed by atoms with Gasteiger partial charge in [-0.3, -0.25) is 14.3 Å². The molecule has 0 unspecified atom stereocenters. The largest absolute Gasteiger partial charge is 0.490 e. The Bertz CT molecular complexity index is 920. The Balaban J connectivity index is 0.000000279. The molecule has 3 aromatic heterocycles. The van der Waals surface area contributed by atoms with Crippen molar-refractivity contribution in [3.05, 3.63) is 57.8 Å². The first-order valence-electron chi connectivity index (χ1n) is 8.28. The van der Waals surface area contributed by atoms with E-state index in [0.717, 1.165) is 31.9 Å². The number of hydrogen-bond acceptors (Lipinski definition) is 5. The molecule has 4 rings (SSSR count). The molecular formula is C17H18F3N5O2S. The summed E-state index contributed by atoms with van der Waals surface area (Å²) in [4.78, 5) is 11.4. The minimum Gasteiger partial charge on any atom is -0.475 e. The molecule has 1 aliphatic heterocycles. The summed E-state index contributed by atoms with van der Waals surface area (Å²) in [6.07, 6.45) is -1.29. The lowest BCUT2D eigenvalue weighted by Crippen LogP contribution is -2.21. The second-order valence-corrected chi connectivity index (χ2v) is 7.06. The molecule has 11 heteroatoms. The van der Waals surface area contributed by atoms with E-state index >= 15 is 0 Å². The zero-order valence-corrected chi connectivity index (χ0v) is 15.7. The molecule has 0 atom stereocenters. The van der Waals surface area contributed by atoms with Crippen LogP contribution in [0.25, 0.3) is 0 Å². The molecule has 1 aliphatic rings. The van der Waals surface area contributed by atoms with E-state index in [0.29, 0.717) is 0 Å². The number of aliphatic carboxylic acids is 1. The first kappa shape index (κ1) is 20.1. The number of rotatable bonds is 4. The van der Waals surface area contributed by atoms with Crippen molar-refractivity contribution in [1.82, 2.24) is 24.5 Å². The Morgan fingerprint density at radius 2 is 2.07 bits per heavy atom. The average molecular weight is 413 g/mol. The molecular weight excluding hydrogens is 395 g/mol. The van der Waals surface area contributed by atoms with E-state index in [9.17, 15) is 13.2 Å². The van der Waals surface area contributed by atoms with Gasteiger partial charge in [0.1, 0.15) is 0 Å². The summed E-state index contributed by atoms with van der Waals surface area (Å²) in [5, 5.41) is 20.4. The highest BCUT2D eigenvalue weighted by atomic mass is 32.1. The van der Waals surface area contributed by atoms with Gasteiger partial charge in [0.2, 0.25) is 0 Å². The van der Waals surface area contributed by atoms with Crippen molar-refractivity contribution < 1.29 is 23.1 Å². The van der Waals surface area contributed by atoms with Crippen LogP contribution in [0.2, 0.25) is 0 Å². The van der Waals surface area contributed by atoms with E-state index in [-0.39, 0.29) is 0 Å². The van der Waals surface area contributed by atoms with Gasteiger partial charge in [-0.25, -0.2) is 4.79 Å². The number of thiophene rings is 1. The van der Waals surface area contributed by atoms with Gasteiger partial charge in [0, 0.05) is 44.6 Å². The molecule has 0 bridgehead atoms. The second kappa shape index (κ2) is 8.15. The van der Waals surface area contributed by atoms with Crippen LogP contribution in [0.4, 0.5) is 13.2 Å². The van der Waals surface area contributed by atoms with E-state index in [1.165, 1.54) is 16.8 Å². The number of aryl methyl sites for hydroxylation is 1. The van der Waals surface area contributed by atoms with Crippen molar-refractivity contribution in [2.24, 2.45) is 7.05 Å². The summed E-state index contributed by atoms with van der Waals surface area (Å²) in [6.45, 7) is 3.73. The molecule has 3 aromatic rings. The van der Waals surface area contributed by atoms with Gasteiger partial charge >= 0.3 is 12.1 Å². The third kappa shape index (κ3) is 4.78. The number of hydrogen-bond donors (Lipinski definition) is 1. The van der Waals surface area contributed by atoms with Crippen LogP contribution in [0.1, 0.15) is 22.5 Å². The van der Waals surface area contributed by atoms with E-state index in [1.54, 1.807) is 11.3 Å². The predicted molar refractivity (Wildman–Crippen MR) is 95.5 cm³/mol. The van der Waals surface area contributed by atoms with Gasteiger partial charge < -0.3 is 5.11 Å². The molecule has 7 nitrogen and oxygen atoms in total. The van der Waals surface area contributed by atoms with Crippen molar-refractivity contribution in [2.75, 3.05) is 0 Å². The predicted octanol–water partition coefficient (Wildman–Crippen LogP) is 2.88. The van der Waals surface area contributed by atoms with Crippen LogP contribution in [-0.4, -0.2) is 41.7 Å². The number of alkyl halides is 3. The fraction of sp³-hybridized carbons (Fsp3) is 0.353. The Morgan fingerprint density at radius 1 is 1.32 bits per heavy atom. The van der Waals surface area contributed by atoms with Crippen molar-refractivity contribution in [3.8, 4) is 0 Å². The molecule has 0 saturated carbocycles. The molecule has 4 heterocycles. The maximum atomic E-state index is 10.6. The van der Waals surface area contributed by atoms with Crippen LogP contribution in [0.3, 0.4) is 0 Å². The van der Waals surface area contributed by atoms with E-state index in [4.69, 9.17) is 9.90 Å².